The maximum atomic E-state index is 12.1. The van der Waals surface area contributed by atoms with Crippen molar-refractivity contribution >= 4 is 48.5 Å². The number of amides is 1. The number of fused-ring (bicyclic) bond motifs is 1. The Labute approximate surface area is 165 Å². The van der Waals surface area contributed by atoms with Gasteiger partial charge in [0, 0.05) is 6.42 Å². The van der Waals surface area contributed by atoms with Gasteiger partial charge in [-0.3, -0.25) is 4.79 Å². The zero-order chi connectivity index (χ0) is 18.5. The maximum Gasteiger partial charge on any atom is 0.226 e. The topological polar surface area (TPSA) is 51.2 Å². The molecule has 0 bridgehead atoms. The number of halogens is 1. The molecule has 1 N–H and O–H groups in total. The average Bonchev–Trinajstić information content (AvgIpc) is 3.01. The van der Waals surface area contributed by atoms with Gasteiger partial charge in [0.15, 0.2) is 5.13 Å². The Morgan fingerprint density at radius 1 is 1.27 bits per heavy atom. The summed E-state index contributed by atoms with van der Waals surface area (Å²) < 4.78 is 7.80. The molecule has 4 nitrogen and oxygen atoms in total. The second kappa shape index (κ2) is 8.64. The molecule has 0 aliphatic carbocycles. The first-order valence-electron chi connectivity index (χ1n) is 8.60. The summed E-state index contributed by atoms with van der Waals surface area (Å²) in [7, 11) is 0. The van der Waals surface area contributed by atoms with Crippen molar-refractivity contribution in [3.8, 4) is 5.75 Å². The van der Waals surface area contributed by atoms with Gasteiger partial charge >= 0.3 is 0 Å². The highest BCUT2D eigenvalue weighted by Gasteiger charge is 2.09. The van der Waals surface area contributed by atoms with E-state index in [9.17, 15) is 4.79 Å². The molecule has 0 fully saturated rings. The van der Waals surface area contributed by atoms with Gasteiger partial charge in [-0.25, -0.2) is 4.98 Å². The molecule has 0 radical (unpaired) electrons. The lowest BCUT2D eigenvalue weighted by Gasteiger charge is -2.11. The molecule has 1 heterocycles. The summed E-state index contributed by atoms with van der Waals surface area (Å²) in [5.41, 5.74) is 2.17. The van der Waals surface area contributed by atoms with Crippen LogP contribution >= 0.6 is 27.3 Å². The molecule has 0 saturated heterocycles. The van der Waals surface area contributed by atoms with Gasteiger partial charge < -0.3 is 10.1 Å². The van der Waals surface area contributed by atoms with E-state index in [2.05, 4.69) is 52.2 Å². The first kappa shape index (κ1) is 18.9. The number of anilines is 1. The lowest BCUT2D eigenvalue weighted by Crippen LogP contribution is -2.12. The maximum absolute atomic E-state index is 12.1. The predicted molar refractivity (Wildman–Crippen MR) is 111 cm³/mol. The van der Waals surface area contributed by atoms with Crippen molar-refractivity contribution in [1.29, 1.82) is 0 Å². The van der Waals surface area contributed by atoms with Crippen molar-refractivity contribution in [2.24, 2.45) is 0 Å². The number of ether oxygens (including phenoxy) is 1. The summed E-state index contributed by atoms with van der Waals surface area (Å²) in [5.74, 6) is 1.24. The van der Waals surface area contributed by atoms with Crippen molar-refractivity contribution in [3.63, 3.8) is 0 Å². The van der Waals surface area contributed by atoms with Gasteiger partial charge in [0.25, 0.3) is 0 Å². The van der Waals surface area contributed by atoms with E-state index in [0.29, 0.717) is 30.5 Å². The number of benzene rings is 2. The number of carbonyl (C=O) groups is 1. The lowest BCUT2D eigenvalue weighted by molar-refractivity contribution is -0.116. The third-order valence-corrected chi connectivity index (χ3v) is 5.54. The van der Waals surface area contributed by atoms with Gasteiger partial charge in [0.2, 0.25) is 5.91 Å². The number of thiazole rings is 1. The van der Waals surface area contributed by atoms with E-state index < -0.39 is 0 Å². The first-order valence-corrected chi connectivity index (χ1v) is 10.2. The van der Waals surface area contributed by atoms with Crippen LogP contribution in [0.2, 0.25) is 0 Å². The normalized spacial score (nSPS) is 11.1. The Hall–Kier alpha value is -1.92. The molecule has 1 amide bonds. The van der Waals surface area contributed by atoms with E-state index in [1.807, 2.05) is 30.3 Å². The van der Waals surface area contributed by atoms with Crippen molar-refractivity contribution in [2.45, 2.75) is 32.6 Å². The zero-order valence-corrected chi connectivity index (χ0v) is 17.2. The van der Waals surface area contributed by atoms with Gasteiger partial charge in [-0.1, -0.05) is 43.4 Å². The molecule has 0 aliphatic heterocycles. The molecule has 3 rings (SSSR count). The highest BCUT2D eigenvalue weighted by atomic mass is 79.9. The molecule has 136 valence electrons. The van der Waals surface area contributed by atoms with Gasteiger partial charge in [-0.05, 0) is 58.1 Å². The van der Waals surface area contributed by atoms with Crippen LogP contribution in [0.15, 0.2) is 46.9 Å². The zero-order valence-electron chi connectivity index (χ0n) is 14.8. The summed E-state index contributed by atoms with van der Waals surface area (Å²) in [6.45, 7) is 4.81. The van der Waals surface area contributed by atoms with E-state index >= 15 is 0 Å². The molecule has 0 aliphatic rings. The van der Waals surface area contributed by atoms with E-state index in [-0.39, 0.29) is 5.91 Å². The number of hydrogen-bond donors (Lipinski definition) is 1. The van der Waals surface area contributed by atoms with Gasteiger partial charge in [-0.2, -0.15) is 0 Å². The fourth-order valence-electron chi connectivity index (χ4n) is 2.52. The fraction of sp³-hybridized carbons (Fsp3) is 0.300. The average molecular weight is 433 g/mol. The van der Waals surface area contributed by atoms with Crippen molar-refractivity contribution in [2.75, 3.05) is 11.9 Å². The molecule has 26 heavy (non-hydrogen) atoms. The predicted octanol–water partition coefficient (Wildman–Crippen LogP) is 5.98. The van der Waals surface area contributed by atoms with Crippen LogP contribution in [-0.4, -0.2) is 17.5 Å². The molecule has 6 heteroatoms. The SMILES string of the molecule is CC(C)c1ccc(OCCCC(=O)Nc2nc3ccccc3s2)c(Br)c1. The van der Waals surface area contributed by atoms with Crippen molar-refractivity contribution in [3.05, 3.63) is 52.5 Å². The molecule has 0 atom stereocenters. The summed E-state index contributed by atoms with van der Waals surface area (Å²) >= 11 is 5.03. The quantitative estimate of drug-likeness (QED) is 0.467. The third kappa shape index (κ3) is 4.83. The second-order valence-electron chi connectivity index (χ2n) is 6.33. The number of rotatable bonds is 7. The molecule has 0 saturated carbocycles. The monoisotopic (exact) mass is 432 g/mol. The van der Waals surface area contributed by atoms with E-state index in [1.54, 1.807) is 0 Å². The summed E-state index contributed by atoms with van der Waals surface area (Å²) in [5, 5.41) is 3.51. The van der Waals surface area contributed by atoms with Crippen LogP contribution in [0.3, 0.4) is 0 Å². The van der Waals surface area contributed by atoms with E-state index in [0.717, 1.165) is 20.4 Å². The largest absolute Gasteiger partial charge is 0.492 e. The van der Waals surface area contributed by atoms with Gasteiger partial charge in [-0.15, -0.1) is 0 Å². The molecule has 3 aromatic rings. The van der Waals surface area contributed by atoms with Crippen molar-refractivity contribution in [1.82, 2.24) is 4.98 Å². The number of nitrogens with zero attached hydrogens (tertiary/aromatic N) is 1. The summed E-state index contributed by atoms with van der Waals surface area (Å²) in [6, 6.07) is 14.0. The summed E-state index contributed by atoms with van der Waals surface area (Å²) in [6.07, 6.45) is 1.05. The van der Waals surface area contributed by atoms with Crippen LogP contribution in [0, 0.1) is 0 Å². The summed E-state index contributed by atoms with van der Waals surface area (Å²) in [4.78, 5) is 16.5. The van der Waals surface area contributed by atoms with Gasteiger partial charge in [0.05, 0.1) is 21.3 Å². The minimum absolute atomic E-state index is 0.0399. The van der Waals surface area contributed by atoms with Crippen LogP contribution in [-0.2, 0) is 4.79 Å². The Morgan fingerprint density at radius 2 is 2.08 bits per heavy atom. The molecular formula is C20H21BrN2O2S. The molecule has 2 aromatic carbocycles. The minimum atomic E-state index is -0.0399. The molecule has 0 unspecified atom stereocenters. The highest BCUT2D eigenvalue weighted by molar-refractivity contribution is 9.10. The third-order valence-electron chi connectivity index (χ3n) is 3.97. The Morgan fingerprint density at radius 3 is 2.81 bits per heavy atom. The van der Waals surface area contributed by atoms with Crippen LogP contribution in [0.25, 0.3) is 10.2 Å². The fourth-order valence-corrected chi connectivity index (χ4v) is 3.91. The number of aromatic nitrogens is 1. The van der Waals surface area contributed by atoms with Crippen molar-refractivity contribution < 1.29 is 9.53 Å². The molecular weight excluding hydrogens is 412 g/mol. The van der Waals surface area contributed by atoms with Crippen LogP contribution in [0.4, 0.5) is 5.13 Å². The van der Waals surface area contributed by atoms with Crippen LogP contribution < -0.4 is 10.1 Å². The number of hydrogen-bond acceptors (Lipinski definition) is 4. The molecule has 1 aromatic heterocycles. The van der Waals surface area contributed by atoms with Gasteiger partial charge in [0.1, 0.15) is 5.75 Å². The number of nitrogens with one attached hydrogen (secondary N) is 1. The smallest absolute Gasteiger partial charge is 0.226 e. The second-order valence-corrected chi connectivity index (χ2v) is 8.22. The lowest BCUT2D eigenvalue weighted by atomic mass is 10.0. The Bertz CT molecular complexity index is 875. The Kier molecular flexibility index (Phi) is 6.27. The number of para-hydroxylation sites is 1. The molecule has 0 spiro atoms. The minimum Gasteiger partial charge on any atom is -0.492 e. The first-order chi connectivity index (χ1) is 12.5. The van der Waals surface area contributed by atoms with E-state index in [4.69, 9.17) is 4.74 Å². The Balaban J connectivity index is 1.45. The van der Waals surface area contributed by atoms with Crippen LogP contribution in [0.1, 0.15) is 38.2 Å². The standard InChI is InChI=1S/C20H21BrN2O2S/c1-13(2)14-9-10-17(15(21)12-14)25-11-5-8-19(24)23-20-22-16-6-3-4-7-18(16)26-20/h3-4,6-7,9-10,12-13H,5,8,11H2,1-2H3,(H,22,23,24). The highest BCUT2D eigenvalue weighted by Crippen LogP contribution is 2.29. The van der Waals surface area contributed by atoms with Crippen LogP contribution in [0.5, 0.6) is 5.75 Å². The number of carbonyl (C=O) groups excluding carboxylic acids is 1. The van der Waals surface area contributed by atoms with E-state index in [1.165, 1.54) is 16.9 Å².